The molecule has 0 radical (unpaired) electrons. The number of hydrogen-bond acceptors (Lipinski definition) is 1. The summed E-state index contributed by atoms with van der Waals surface area (Å²) < 4.78 is 0. The summed E-state index contributed by atoms with van der Waals surface area (Å²) in [6, 6.07) is 0. The van der Waals surface area contributed by atoms with E-state index in [1.165, 1.54) is 25.3 Å². The number of carbonyl (C=O) groups is 1. The molecule has 0 atom stereocenters. The monoisotopic (exact) mass is 171 g/mol. The van der Waals surface area contributed by atoms with Crippen molar-refractivity contribution >= 4 is 5.91 Å². The minimum Gasteiger partial charge on any atom is -0.358 e. The maximum atomic E-state index is 10.7. The molecule has 70 valence electrons. The van der Waals surface area contributed by atoms with Gasteiger partial charge in [-0.15, -0.1) is 0 Å². The molecule has 12 heavy (non-hydrogen) atoms. The van der Waals surface area contributed by atoms with Gasteiger partial charge in [-0.2, -0.15) is 0 Å². The lowest BCUT2D eigenvalue weighted by atomic mass is 10.2. The zero-order chi connectivity index (χ0) is 9.23. The highest BCUT2D eigenvalue weighted by molar-refractivity contribution is 5.86. The highest BCUT2D eigenvalue weighted by Gasteiger charge is 1.92. The van der Waals surface area contributed by atoms with Crippen molar-refractivity contribution < 1.29 is 10.5 Å². The summed E-state index contributed by atoms with van der Waals surface area (Å²) in [6.07, 6.45) is 5.94. The van der Waals surface area contributed by atoms with Crippen LogP contribution in [0.5, 0.6) is 0 Å². The maximum Gasteiger partial charge on any atom is 0.243 e. The molecule has 4 N–H and O–H groups in total. The fourth-order valence-electron chi connectivity index (χ4n) is 0.939. The fraction of sp³-hybridized carbons (Fsp3) is 0.667. The summed E-state index contributed by atoms with van der Waals surface area (Å²) in [5.41, 5.74) is 3.76. The third-order valence-corrected chi connectivity index (χ3v) is 1.66. The third kappa shape index (κ3) is 7.28. The van der Waals surface area contributed by atoms with Crippen molar-refractivity contribution in [2.24, 2.45) is 0 Å². The van der Waals surface area contributed by atoms with Gasteiger partial charge < -0.3 is 11.1 Å². The van der Waals surface area contributed by atoms with Crippen LogP contribution in [0.15, 0.2) is 12.7 Å². The molecule has 3 heteroatoms. The summed E-state index contributed by atoms with van der Waals surface area (Å²) in [6.45, 7) is 5.15. The van der Waals surface area contributed by atoms with Crippen molar-refractivity contribution in [2.45, 2.75) is 25.7 Å². The largest absolute Gasteiger partial charge is 0.358 e. The van der Waals surface area contributed by atoms with Crippen molar-refractivity contribution in [3.63, 3.8) is 0 Å². The van der Waals surface area contributed by atoms with Gasteiger partial charge in [0.1, 0.15) is 0 Å². The molecule has 0 bridgehead atoms. The van der Waals surface area contributed by atoms with E-state index in [9.17, 15) is 4.79 Å². The average Bonchev–Trinajstić information content (AvgIpc) is 2.10. The summed E-state index contributed by atoms with van der Waals surface area (Å²) in [4.78, 5) is 10.7. The second kappa shape index (κ2) is 8.27. The Morgan fingerprint density at radius 1 is 1.33 bits per heavy atom. The smallest absolute Gasteiger partial charge is 0.243 e. The quantitative estimate of drug-likeness (QED) is 0.414. The first kappa shape index (κ1) is 11.2. The molecule has 0 unspecified atom stereocenters. The Bertz CT molecular complexity index is 134. The first-order chi connectivity index (χ1) is 5.81. The van der Waals surface area contributed by atoms with E-state index in [-0.39, 0.29) is 5.91 Å². The van der Waals surface area contributed by atoms with Gasteiger partial charge in [0.25, 0.3) is 0 Å². The Kier molecular flexibility index (Phi) is 7.70. The summed E-state index contributed by atoms with van der Waals surface area (Å²) in [5.74, 6) is -0.0767. The molecule has 0 saturated heterocycles. The van der Waals surface area contributed by atoms with E-state index in [0.29, 0.717) is 0 Å². The Morgan fingerprint density at radius 2 is 2.00 bits per heavy atom. The van der Waals surface area contributed by atoms with E-state index < -0.39 is 0 Å². The van der Waals surface area contributed by atoms with E-state index in [4.69, 9.17) is 0 Å². The van der Waals surface area contributed by atoms with Gasteiger partial charge >= 0.3 is 0 Å². The van der Waals surface area contributed by atoms with Crippen LogP contribution >= 0.6 is 0 Å². The SMILES string of the molecule is C=CC(=O)NCCCCCC[NH3+]. The van der Waals surface area contributed by atoms with Crippen LogP contribution in [0.25, 0.3) is 0 Å². The average molecular weight is 171 g/mol. The maximum absolute atomic E-state index is 10.7. The summed E-state index contributed by atoms with van der Waals surface area (Å²) in [5, 5.41) is 2.74. The molecule has 0 heterocycles. The van der Waals surface area contributed by atoms with Crippen molar-refractivity contribution in [2.75, 3.05) is 13.1 Å². The standard InChI is InChI=1S/C9H18N2O/c1-2-9(12)11-8-6-4-3-5-7-10/h2H,1,3-8,10H2,(H,11,12)/p+1. The Morgan fingerprint density at radius 3 is 2.58 bits per heavy atom. The first-order valence-corrected chi connectivity index (χ1v) is 4.50. The van der Waals surface area contributed by atoms with E-state index in [0.717, 1.165) is 19.5 Å². The van der Waals surface area contributed by atoms with Crippen molar-refractivity contribution in [3.8, 4) is 0 Å². The van der Waals surface area contributed by atoms with Crippen molar-refractivity contribution in [1.29, 1.82) is 0 Å². The topological polar surface area (TPSA) is 56.7 Å². The number of amides is 1. The van der Waals surface area contributed by atoms with Gasteiger partial charge in [0.05, 0.1) is 6.54 Å². The predicted molar refractivity (Wildman–Crippen MR) is 49.4 cm³/mol. The van der Waals surface area contributed by atoms with Crippen LogP contribution in [-0.4, -0.2) is 19.0 Å². The molecule has 0 fully saturated rings. The lowest BCUT2D eigenvalue weighted by Gasteiger charge is -2.00. The highest BCUT2D eigenvalue weighted by Crippen LogP contribution is 1.96. The second-order valence-corrected chi connectivity index (χ2v) is 2.76. The number of carbonyl (C=O) groups excluding carboxylic acids is 1. The minimum absolute atomic E-state index is 0.0767. The van der Waals surface area contributed by atoms with Gasteiger partial charge in [-0.25, -0.2) is 0 Å². The predicted octanol–water partition coefficient (Wildman–Crippen LogP) is 0.0909. The van der Waals surface area contributed by atoms with Crippen LogP contribution in [0.1, 0.15) is 25.7 Å². The Hall–Kier alpha value is -0.830. The summed E-state index contributed by atoms with van der Waals surface area (Å²) >= 11 is 0. The lowest BCUT2D eigenvalue weighted by molar-refractivity contribution is -0.368. The van der Waals surface area contributed by atoms with Crippen LogP contribution in [0.4, 0.5) is 0 Å². The minimum atomic E-state index is -0.0767. The van der Waals surface area contributed by atoms with Crippen molar-refractivity contribution in [3.05, 3.63) is 12.7 Å². The first-order valence-electron chi connectivity index (χ1n) is 4.50. The summed E-state index contributed by atoms with van der Waals surface area (Å²) in [7, 11) is 0. The van der Waals surface area contributed by atoms with E-state index in [1.54, 1.807) is 0 Å². The molecule has 1 amide bonds. The highest BCUT2D eigenvalue weighted by atomic mass is 16.1. The fourth-order valence-corrected chi connectivity index (χ4v) is 0.939. The van der Waals surface area contributed by atoms with Crippen LogP contribution in [0, 0.1) is 0 Å². The van der Waals surface area contributed by atoms with Gasteiger partial charge in [0.15, 0.2) is 0 Å². The molecule has 0 aliphatic carbocycles. The molecular formula is C9H19N2O+. The third-order valence-electron chi connectivity index (χ3n) is 1.66. The number of rotatable bonds is 7. The Labute approximate surface area is 74.0 Å². The van der Waals surface area contributed by atoms with Gasteiger partial charge in [-0.3, -0.25) is 4.79 Å². The van der Waals surface area contributed by atoms with Crippen LogP contribution in [0.3, 0.4) is 0 Å². The van der Waals surface area contributed by atoms with Crippen molar-refractivity contribution in [1.82, 2.24) is 5.32 Å². The van der Waals surface area contributed by atoms with Crippen LogP contribution < -0.4 is 11.1 Å². The van der Waals surface area contributed by atoms with Gasteiger partial charge in [0, 0.05) is 6.54 Å². The molecule has 0 aromatic rings. The van der Waals surface area contributed by atoms with Crippen LogP contribution in [0.2, 0.25) is 0 Å². The number of quaternary nitrogens is 1. The number of hydrogen-bond donors (Lipinski definition) is 2. The lowest BCUT2D eigenvalue weighted by Crippen LogP contribution is -2.50. The molecule has 3 nitrogen and oxygen atoms in total. The molecule has 0 rings (SSSR count). The molecule has 0 spiro atoms. The van der Waals surface area contributed by atoms with E-state index >= 15 is 0 Å². The molecule has 0 aliphatic rings. The molecule has 0 aliphatic heterocycles. The zero-order valence-electron chi connectivity index (χ0n) is 7.64. The number of nitrogens with one attached hydrogen (secondary N) is 1. The van der Waals surface area contributed by atoms with Gasteiger partial charge in [-0.05, 0) is 25.3 Å². The normalized spacial score (nSPS) is 9.42. The zero-order valence-corrected chi connectivity index (χ0v) is 7.64. The molecule has 0 aromatic heterocycles. The second-order valence-electron chi connectivity index (χ2n) is 2.76. The van der Waals surface area contributed by atoms with E-state index in [1.807, 2.05) is 0 Å². The molecular weight excluding hydrogens is 152 g/mol. The van der Waals surface area contributed by atoms with Gasteiger partial charge in [-0.1, -0.05) is 13.0 Å². The Balaban J connectivity index is 3.00. The number of unbranched alkanes of at least 4 members (excludes halogenated alkanes) is 3. The van der Waals surface area contributed by atoms with Crippen LogP contribution in [-0.2, 0) is 4.79 Å². The molecule has 0 saturated carbocycles. The van der Waals surface area contributed by atoms with E-state index in [2.05, 4.69) is 17.6 Å². The van der Waals surface area contributed by atoms with Gasteiger partial charge in [0.2, 0.25) is 5.91 Å². The molecule has 0 aromatic carbocycles.